The van der Waals surface area contributed by atoms with E-state index in [9.17, 15) is 24.6 Å². The first-order valence-corrected chi connectivity index (χ1v) is 14.0. The van der Waals surface area contributed by atoms with Gasteiger partial charge >= 0.3 is 5.97 Å². The van der Waals surface area contributed by atoms with E-state index in [-0.39, 0.29) is 24.3 Å². The number of carbonyl (C=O) groups excluding carboxylic acids is 2. The summed E-state index contributed by atoms with van der Waals surface area (Å²) < 4.78 is 4.06. The van der Waals surface area contributed by atoms with Crippen LogP contribution in [0.4, 0.5) is 0 Å². The lowest BCUT2D eigenvalue weighted by Gasteiger charge is -2.41. The second kappa shape index (κ2) is 10.6. The van der Waals surface area contributed by atoms with Crippen molar-refractivity contribution in [3.63, 3.8) is 0 Å². The third-order valence-electron chi connectivity index (χ3n) is 9.01. The van der Waals surface area contributed by atoms with E-state index in [2.05, 4.69) is 11.5 Å². The highest BCUT2D eigenvalue weighted by atomic mass is 32.2. The number of carboxylic acid groups (broad SMARTS) is 1. The molecule has 4 aliphatic heterocycles. The smallest absolute Gasteiger partial charge is 0.308 e. The number of thioether (sulfide) groups is 1. The maximum Gasteiger partial charge on any atom is 0.308 e. The molecule has 36 heavy (non-hydrogen) atoms. The van der Waals surface area contributed by atoms with Crippen LogP contribution in [0.5, 0.6) is 0 Å². The number of aliphatic hydroxyl groups excluding tert-OH is 1. The van der Waals surface area contributed by atoms with Gasteiger partial charge in [-0.05, 0) is 25.7 Å². The van der Waals surface area contributed by atoms with Gasteiger partial charge in [-0.15, -0.1) is 18.3 Å². The second-order valence-corrected chi connectivity index (χ2v) is 12.9. The molecule has 0 aromatic heterocycles. The number of fused-ring (bicyclic) bond motifs is 1. The zero-order valence-electron chi connectivity index (χ0n) is 21.7. The molecule has 2 N–H and O–H groups in total. The van der Waals surface area contributed by atoms with Crippen LogP contribution in [-0.2, 0) is 19.1 Å². The lowest BCUT2D eigenvalue weighted by atomic mass is 9.66. The highest BCUT2D eigenvalue weighted by Gasteiger charge is 2.78. The summed E-state index contributed by atoms with van der Waals surface area (Å²) in [5.41, 5.74) is 0. The molecule has 10 heteroatoms. The highest BCUT2D eigenvalue weighted by Crippen LogP contribution is 2.71. The molecule has 0 aromatic rings. The molecule has 2 unspecified atom stereocenters. The van der Waals surface area contributed by atoms with Gasteiger partial charge in [0, 0.05) is 37.5 Å². The number of nitrogens with zero attached hydrogens (tertiary/aromatic N) is 3. The van der Waals surface area contributed by atoms with Crippen molar-refractivity contribution in [2.45, 2.75) is 61.6 Å². The Morgan fingerprint density at radius 1 is 1.33 bits per heavy atom. The number of rotatable bonds is 11. The zero-order chi connectivity index (χ0) is 26.3. The number of morpholine rings is 1. The third-order valence-corrected chi connectivity index (χ3v) is 11.0. The van der Waals surface area contributed by atoms with Crippen LogP contribution in [0.25, 0.3) is 0 Å². The Morgan fingerprint density at radius 3 is 2.61 bits per heavy atom. The largest absolute Gasteiger partial charge is 0.481 e. The summed E-state index contributed by atoms with van der Waals surface area (Å²) in [4.78, 5) is 46.5. The van der Waals surface area contributed by atoms with E-state index in [1.807, 2.05) is 20.8 Å². The first-order chi connectivity index (χ1) is 17.1. The van der Waals surface area contributed by atoms with Crippen LogP contribution in [0.2, 0.25) is 0 Å². The van der Waals surface area contributed by atoms with Crippen LogP contribution in [0.1, 0.15) is 40.0 Å². The number of aliphatic carboxylic acids is 1. The Labute approximate surface area is 218 Å². The molecule has 9 nitrogen and oxygen atoms in total. The second-order valence-electron chi connectivity index (χ2n) is 11.0. The Kier molecular flexibility index (Phi) is 8.09. The summed E-state index contributed by atoms with van der Waals surface area (Å²) in [6, 6.07) is -1.34. The van der Waals surface area contributed by atoms with Crippen LogP contribution in [0.15, 0.2) is 12.7 Å². The molecule has 0 aliphatic carbocycles. The predicted molar refractivity (Wildman–Crippen MR) is 138 cm³/mol. The predicted octanol–water partition coefficient (Wildman–Crippen LogP) is 1.31. The summed E-state index contributed by atoms with van der Waals surface area (Å²) in [6.45, 7) is 14.0. The topological polar surface area (TPSA) is 111 Å². The number of amides is 2. The minimum atomic E-state index is -0.975. The molecular weight excluding hydrogens is 482 g/mol. The summed E-state index contributed by atoms with van der Waals surface area (Å²) in [5.74, 6) is -3.08. The van der Waals surface area contributed by atoms with E-state index in [1.54, 1.807) is 15.9 Å². The van der Waals surface area contributed by atoms with Gasteiger partial charge in [0.1, 0.15) is 6.04 Å². The monoisotopic (exact) mass is 523 g/mol. The van der Waals surface area contributed by atoms with E-state index >= 15 is 0 Å². The van der Waals surface area contributed by atoms with Gasteiger partial charge in [0.05, 0.1) is 42.4 Å². The first kappa shape index (κ1) is 27.4. The molecule has 2 bridgehead atoms. The first-order valence-electron chi connectivity index (χ1n) is 13.2. The SMILES string of the molecule is C=CCN(CCN1CCOCC1)C(=O)C1N([C@@H](CO)[C@@H](C)CC)C(=O)[C@@H]2[C@H](C(=O)O)[C@]3(C)CCC12S3. The van der Waals surface area contributed by atoms with E-state index in [0.29, 0.717) is 45.7 Å². The quantitative estimate of drug-likeness (QED) is 0.390. The maximum absolute atomic E-state index is 14.4. The van der Waals surface area contributed by atoms with Crippen molar-refractivity contribution in [3.8, 4) is 0 Å². The van der Waals surface area contributed by atoms with Gasteiger partial charge in [-0.2, -0.15) is 0 Å². The number of aliphatic hydroxyl groups is 1. The average Bonchev–Trinajstić information content (AvgIpc) is 3.43. The summed E-state index contributed by atoms with van der Waals surface area (Å²) in [6.07, 6.45) is 3.70. The standard InChI is InChI=1S/C26H41N3O6S/c1-5-9-28(11-10-27-12-14-35-15-13-27)23(32)21-26-8-7-25(4,36-26)20(24(33)34)19(26)22(31)29(21)18(16-30)17(3)6-2/h5,17-21,30H,1,6-16H2,2-4H3,(H,33,34)/t17-,18-,19-,20+,21?,25-,26?/m0/s1. The number of carboxylic acids is 1. The lowest BCUT2D eigenvalue weighted by Crippen LogP contribution is -2.59. The fourth-order valence-corrected chi connectivity index (χ4v) is 9.23. The molecule has 4 fully saturated rings. The minimum absolute atomic E-state index is 0.0354. The Hall–Kier alpha value is -1.62. The number of ether oxygens (including phenoxy) is 1. The Bertz CT molecular complexity index is 882. The van der Waals surface area contributed by atoms with E-state index in [0.717, 1.165) is 19.5 Å². The van der Waals surface area contributed by atoms with Gasteiger partial charge in [-0.3, -0.25) is 19.3 Å². The molecule has 2 amide bonds. The van der Waals surface area contributed by atoms with E-state index in [4.69, 9.17) is 4.74 Å². The molecule has 1 spiro atoms. The number of likely N-dealkylation sites (tertiary alicyclic amines) is 1. The lowest BCUT2D eigenvalue weighted by molar-refractivity contribution is -0.151. The fourth-order valence-electron chi connectivity index (χ4n) is 6.90. The Balaban J connectivity index is 1.71. The number of carbonyl (C=O) groups is 3. The van der Waals surface area contributed by atoms with Crippen molar-refractivity contribution < 1.29 is 29.3 Å². The van der Waals surface area contributed by atoms with Crippen molar-refractivity contribution in [1.82, 2.24) is 14.7 Å². The molecule has 0 aromatic carbocycles. The molecule has 0 saturated carbocycles. The summed E-state index contributed by atoms with van der Waals surface area (Å²) in [5, 5.41) is 20.6. The van der Waals surface area contributed by atoms with Crippen molar-refractivity contribution >= 4 is 29.5 Å². The van der Waals surface area contributed by atoms with Crippen molar-refractivity contribution in [3.05, 3.63) is 12.7 Å². The molecule has 4 saturated heterocycles. The summed E-state index contributed by atoms with van der Waals surface area (Å²) >= 11 is 1.54. The Morgan fingerprint density at radius 2 is 2.03 bits per heavy atom. The van der Waals surface area contributed by atoms with E-state index < -0.39 is 39.4 Å². The van der Waals surface area contributed by atoms with Gasteiger partial charge in [-0.25, -0.2) is 0 Å². The molecule has 4 aliphatic rings. The molecule has 7 atom stereocenters. The normalized spacial score (nSPS) is 35.5. The van der Waals surface area contributed by atoms with Crippen LogP contribution in [0.3, 0.4) is 0 Å². The van der Waals surface area contributed by atoms with Gasteiger partial charge in [0.15, 0.2) is 0 Å². The highest BCUT2D eigenvalue weighted by molar-refractivity contribution is 8.02. The van der Waals surface area contributed by atoms with Crippen LogP contribution >= 0.6 is 11.8 Å². The number of hydrogen-bond acceptors (Lipinski definition) is 7. The maximum atomic E-state index is 14.4. The molecular formula is C26H41N3O6S. The molecule has 4 heterocycles. The van der Waals surface area contributed by atoms with Crippen molar-refractivity contribution in [1.29, 1.82) is 0 Å². The van der Waals surface area contributed by atoms with Crippen LogP contribution < -0.4 is 0 Å². The van der Waals surface area contributed by atoms with Crippen LogP contribution in [0, 0.1) is 17.8 Å². The van der Waals surface area contributed by atoms with Gasteiger partial charge < -0.3 is 24.7 Å². The van der Waals surface area contributed by atoms with Crippen molar-refractivity contribution in [2.75, 3.05) is 52.5 Å². The third kappa shape index (κ3) is 4.37. The van der Waals surface area contributed by atoms with Gasteiger partial charge in [-0.1, -0.05) is 26.3 Å². The molecule has 202 valence electrons. The van der Waals surface area contributed by atoms with Crippen LogP contribution in [-0.4, -0.2) is 117 Å². The van der Waals surface area contributed by atoms with Gasteiger partial charge in [0.25, 0.3) is 0 Å². The number of hydrogen-bond donors (Lipinski definition) is 2. The average molecular weight is 524 g/mol. The summed E-state index contributed by atoms with van der Waals surface area (Å²) in [7, 11) is 0. The minimum Gasteiger partial charge on any atom is -0.481 e. The zero-order valence-corrected chi connectivity index (χ0v) is 22.5. The molecule has 4 rings (SSSR count). The van der Waals surface area contributed by atoms with Crippen molar-refractivity contribution in [2.24, 2.45) is 17.8 Å². The fraction of sp³-hybridized carbons (Fsp3) is 0.808. The van der Waals surface area contributed by atoms with E-state index in [1.165, 1.54) is 11.8 Å². The molecule has 0 radical (unpaired) electrons. The van der Waals surface area contributed by atoms with Gasteiger partial charge in [0.2, 0.25) is 11.8 Å².